The highest BCUT2D eigenvalue weighted by Crippen LogP contribution is 2.36. The minimum Gasteiger partial charge on any atom is -0.467 e. The second kappa shape index (κ2) is 14.1. The van der Waals surface area contributed by atoms with Gasteiger partial charge >= 0.3 is 12.0 Å². The van der Waals surface area contributed by atoms with Crippen LogP contribution in [0.15, 0.2) is 72.8 Å². The summed E-state index contributed by atoms with van der Waals surface area (Å²) in [6, 6.07) is 21.7. The van der Waals surface area contributed by atoms with E-state index in [4.69, 9.17) is 21.1 Å². The third-order valence-electron chi connectivity index (χ3n) is 7.54. The maximum Gasteiger partial charge on any atom is 0.330 e. The van der Waals surface area contributed by atoms with Gasteiger partial charge in [0.2, 0.25) is 0 Å². The van der Waals surface area contributed by atoms with Gasteiger partial charge in [-0.1, -0.05) is 66.2 Å². The zero-order valence-corrected chi connectivity index (χ0v) is 26.4. The van der Waals surface area contributed by atoms with Gasteiger partial charge in [0.1, 0.15) is 12.4 Å². The average molecular weight is 635 g/mol. The van der Waals surface area contributed by atoms with E-state index in [-0.39, 0.29) is 24.1 Å². The standard InChI is InChI=1S/C33H35ClN4O5S/c1-37(18-8-21-44(40,41)22-20-43-30(39)16-15-24-9-4-3-5-10-24)32-26-17-19-38(23-28(26)35-33(36-32)42-2)29-14-7-12-25-11-6-13-27(34)31(25)29/h3-7,9-16H,8,17-23H2,1-2H3/b16-15+. The van der Waals surface area contributed by atoms with Crippen LogP contribution < -0.4 is 14.5 Å². The molecule has 0 saturated carbocycles. The van der Waals surface area contributed by atoms with Crippen LogP contribution >= 0.6 is 11.6 Å². The number of hydrogen-bond donors (Lipinski definition) is 0. The number of fused-ring (bicyclic) bond motifs is 2. The lowest BCUT2D eigenvalue weighted by atomic mass is 10.0. The minimum atomic E-state index is -3.41. The smallest absolute Gasteiger partial charge is 0.330 e. The van der Waals surface area contributed by atoms with Gasteiger partial charge in [-0.2, -0.15) is 9.97 Å². The molecule has 0 amide bonds. The van der Waals surface area contributed by atoms with Crippen LogP contribution in [-0.2, 0) is 32.3 Å². The Bertz CT molecular complexity index is 1760. The van der Waals surface area contributed by atoms with Gasteiger partial charge in [0.05, 0.1) is 35.9 Å². The van der Waals surface area contributed by atoms with Crippen LogP contribution in [0, 0.1) is 0 Å². The van der Waals surface area contributed by atoms with Crippen molar-refractivity contribution in [3.63, 3.8) is 0 Å². The summed E-state index contributed by atoms with van der Waals surface area (Å²) in [5.74, 6) is -0.103. The van der Waals surface area contributed by atoms with E-state index in [1.54, 1.807) is 6.08 Å². The lowest BCUT2D eigenvalue weighted by Crippen LogP contribution is -2.34. The lowest BCUT2D eigenvalue weighted by Gasteiger charge is -2.33. The Balaban J connectivity index is 1.18. The second-order valence-corrected chi connectivity index (χ2v) is 13.3. The molecule has 0 spiro atoms. The van der Waals surface area contributed by atoms with Gasteiger partial charge in [-0.05, 0) is 42.0 Å². The molecule has 0 fully saturated rings. The number of anilines is 2. The van der Waals surface area contributed by atoms with Crippen LogP contribution in [0.2, 0.25) is 5.02 Å². The molecule has 0 N–H and O–H groups in total. The Morgan fingerprint density at radius 2 is 1.82 bits per heavy atom. The van der Waals surface area contributed by atoms with Gasteiger partial charge in [-0.3, -0.25) is 0 Å². The third kappa shape index (κ3) is 7.67. The first-order valence-corrected chi connectivity index (χ1v) is 16.6. The van der Waals surface area contributed by atoms with Crippen molar-refractivity contribution >= 4 is 55.8 Å². The maximum absolute atomic E-state index is 12.6. The SMILES string of the molecule is COc1nc2c(c(N(C)CCCS(=O)(=O)CCOC(=O)/C=C/c3ccccc3)n1)CCN(c1cccc3cccc(Cl)c13)C2. The molecule has 0 unspecified atom stereocenters. The van der Waals surface area contributed by atoms with Crippen LogP contribution in [0.3, 0.4) is 0 Å². The number of methoxy groups -OCH3 is 1. The van der Waals surface area contributed by atoms with E-state index in [0.29, 0.717) is 31.0 Å². The van der Waals surface area contributed by atoms with Crippen LogP contribution in [0.25, 0.3) is 16.8 Å². The number of benzene rings is 3. The van der Waals surface area contributed by atoms with Crippen LogP contribution in [0.5, 0.6) is 6.01 Å². The number of esters is 1. The highest BCUT2D eigenvalue weighted by atomic mass is 35.5. The first-order chi connectivity index (χ1) is 21.2. The van der Waals surface area contributed by atoms with Crippen molar-refractivity contribution in [3.05, 3.63) is 94.6 Å². The first-order valence-electron chi connectivity index (χ1n) is 14.4. The molecule has 0 bridgehead atoms. The molecule has 4 aromatic rings. The molecule has 9 nitrogen and oxygen atoms in total. The van der Waals surface area contributed by atoms with Crippen molar-refractivity contribution in [2.45, 2.75) is 19.4 Å². The summed E-state index contributed by atoms with van der Waals surface area (Å²) in [7, 11) is 0.0157. The van der Waals surface area contributed by atoms with Gasteiger partial charge in [-0.15, -0.1) is 0 Å². The van der Waals surface area contributed by atoms with E-state index in [0.717, 1.165) is 45.6 Å². The number of hydrogen-bond acceptors (Lipinski definition) is 9. The molecule has 0 radical (unpaired) electrons. The highest BCUT2D eigenvalue weighted by Gasteiger charge is 2.26. The molecule has 1 aliphatic heterocycles. The fourth-order valence-electron chi connectivity index (χ4n) is 5.32. The molecular formula is C33H35ClN4O5S. The molecule has 0 atom stereocenters. The zero-order chi connectivity index (χ0) is 31.1. The Morgan fingerprint density at radius 3 is 2.59 bits per heavy atom. The lowest BCUT2D eigenvalue weighted by molar-refractivity contribution is -0.137. The Morgan fingerprint density at radius 1 is 1.05 bits per heavy atom. The van der Waals surface area contributed by atoms with E-state index in [1.807, 2.05) is 60.5 Å². The van der Waals surface area contributed by atoms with Crippen molar-refractivity contribution < 1.29 is 22.7 Å². The largest absolute Gasteiger partial charge is 0.467 e. The van der Waals surface area contributed by atoms with Crippen molar-refractivity contribution in [2.24, 2.45) is 0 Å². The van der Waals surface area contributed by atoms with Crippen molar-refractivity contribution in [1.29, 1.82) is 0 Å². The third-order valence-corrected chi connectivity index (χ3v) is 9.55. The molecule has 0 saturated heterocycles. The molecule has 1 aromatic heterocycles. The number of carbonyl (C=O) groups is 1. The Labute approximate surface area is 263 Å². The van der Waals surface area contributed by atoms with Crippen molar-refractivity contribution in [3.8, 4) is 6.01 Å². The van der Waals surface area contributed by atoms with Gasteiger partial charge < -0.3 is 19.3 Å². The van der Waals surface area contributed by atoms with Crippen LogP contribution in [0.4, 0.5) is 11.5 Å². The normalized spacial score (nSPS) is 13.2. The predicted molar refractivity (Wildman–Crippen MR) is 175 cm³/mol. The maximum atomic E-state index is 12.6. The minimum absolute atomic E-state index is 0.0330. The number of nitrogens with zero attached hydrogens (tertiary/aromatic N) is 4. The summed E-state index contributed by atoms with van der Waals surface area (Å²) < 4.78 is 35.8. The molecule has 230 valence electrons. The van der Waals surface area contributed by atoms with E-state index in [9.17, 15) is 13.2 Å². The first kappa shape index (κ1) is 31.3. The Hall–Kier alpha value is -4.15. The summed E-state index contributed by atoms with van der Waals surface area (Å²) in [4.78, 5) is 25.5. The van der Waals surface area contributed by atoms with E-state index in [1.165, 1.54) is 13.2 Å². The summed E-state index contributed by atoms with van der Waals surface area (Å²) >= 11 is 6.61. The number of aromatic nitrogens is 2. The monoisotopic (exact) mass is 634 g/mol. The molecule has 3 aromatic carbocycles. The Kier molecular flexibility index (Phi) is 10.0. The molecule has 1 aliphatic rings. The van der Waals surface area contributed by atoms with Crippen LogP contribution in [-0.4, -0.2) is 69.7 Å². The molecule has 44 heavy (non-hydrogen) atoms. The van der Waals surface area contributed by atoms with Crippen molar-refractivity contribution in [2.75, 3.05) is 55.2 Å². The quantitative estimate of drug-likeness (QED) is 0.151. The molecule has 5 rings (SSSR count). The summed E-state index contributed by atoms with van der Waals surface area (Å²) in [6.07, 6.45) is 4.03. The predicted octanol–water partition coefficient (Wildman–Crippen LogP) is 5.35. The summed E-state index contributed by atoms with van der Waals surface area (Å²) in [5, 5.41) is 2.80. The van der Waals surface area contributed by atoms with Crippen LogP contribution in [0.1, 0.15) is 23.2 Å². The summed E-state index contributed by atoms with van der Waals surface area (Å²) in [6.45, 7) is 1.59. The van der Waals surface area contributed by atoms with Gasteiger partial charge in [-0.25, -0.2) is 13.2 Å². The number of sulfone groups is 1. The molecule has 0 aliphatic carbocycles. The summed E-state index contributed by atoms with van der Waals surface area (Å²) in [5.41, 5.74) is 3.80. The fourth-order valence-corrected chi connectivity index (χ4v) is 6.71. The van der Waals surface area contributed by atoms with Gasteiger partial charge in [0, 0.05) is 42.9 Å². The molecule has 11 heteroatoms. The number of ether oxygens (including phenoxy) is 2. The van der Waals surface area contributed by atoms with E-state index >= 15 is 0 Å². The zero-order valence-electron chi connectivity index (χ0n) is 24.8. The fraction of sp³-hybridized carbons (Fsp3) is 0.303. The number of halogens is 1. The highest BCUT2D eigenvalue weighted by molar-refractivity contribution is 7.91. The number of carbonyl (C=O) groups excluding carboxylic acids is 1. The molecule has 2 heterocycles. The van der Waals surface area contributed by atoms with Crippen molar-refractivity contribution in [1.82, 2.24) is 9.97 Å². The molecular weight excluding hydrogens is 600 g/mol. The topological polar surface area (TPSA) is 102 Å². The van der Waals surface area contributed by atoms with Gasteiger partial charge in [0.25, 0.3) is 0 Å². The second-order valence-electron chi connectivity index (χ2n) is 10.6. The van der Waals surface area contributed by atoms with Gasteiger partial charge in [0.15, 0.2) is 9.84 Å². The number of rotatable bonds is 12. The van der Waals surface area contributed by atoms with E-state index < -0.39 is 15.8 Å². The van der Waals surface area contributed by atoms with E-state index in [2.05, 4.69) is 33.1 Å². The average Bonchev–Trinajstić information content (AvgIpc) is 3.03.